The Morgan fingerprint density at radius 3 is 2.69 bits per heavy atom. The standard InChI is InChI=1S/C12H24O/c1-4-5-10(2)8-12(3)7-6-11(13)9-12/h10-11,13H,4-9H2,1-3H3. The molecule has 1 aliphatic carbocycles. The van der Waals surface area contributed by atoms with E-state index in [-0.39, 0.29) is 6.10 Å². The van der Waals surface area contributed by atoms with Gasteiger partial charge in [-0.1, -0.05) is 33.6 Å². The van der Waals surface area contributed by atoms with E-state index in [9.17, 15) is 5.11 Å². The van der Waals surface area contributed by atoms with Crippen molar-refractivity contribution in [2.24, 2.45) is 11.3 Å². The summed E-state index contributed by atoms with van der Waals surface area (Å²) in [5, 5.41) is 9.51. The largest absolute Gasteiger partial charge is 0.393 e. The highest BCUT2D eigenvalue weighted by Gasteiger charge is 2.34. The van der Waals surface area contributed by atoms with Crippen molar-refractivity contribution < 1.29 is 5.11 Å². The van der Waals surface area contributed by atoms with Crippen LogP contribution in [0.3, 0.4) is 0 Å². The fourth-order valence-corrected chi connectivity index (χ4v) is 2.91. The Labute approximate surface area is 82.5 Å². The third-order valence-corrected chi connectivity index (χ3v) is 3.43. The second kappa shape index (κ2) is 4.45. The van der Waals surface area contributed by atoms with E-state index < -0.39 is 0 Å². The summed E-state index contributed by atoms with van der Waals surface area (Å²) in [5.41, 5.74) is 0.438. The molecule has 0 heterocycles. The molecule has 0 bridgehead atoms. The SMILES string of the molecule is CCCC(C)CC1(C)CCC(O)C1. The number of hydrogen-bond donors (Lipinski definition) is 1. The molecule has 0 aromatic carbocycles. The molecule has 3 unspecified atom stereocenters. The molecule has 0 spiro atoms. The minimum atomic E-state index is -0.0150. The van der Waals surface area contributed by atoms with Gasteiger partial charge >= 0.3 is 0 Å². The third kappa shape index (κ3) is 3.30. The highest BCUT2D eigenvalue weighted by molar-refractivity contribution is 4.86. The number of hydrogen-bond acceptors (Lipinski definition) is 1. The first kappa shape index (κ1) is 11.0. The lowest BCUT2D eigenvalue weighted by Crippen LogP contribution is -2.17. The summed E-state index contributed by atoms with van der Waals surface area (Å²) < 4.78 is 0. The molecule has 1 aliphatic rings. The molecule has 0 aromatic heterocycles. The molecule has 1 nitrogen and oxygen atoms in total. The predicted octanol–water partition coefficient (Wildman–Crippen LogP) is 3.36. The van der Waals surface area contributed by atoms with E-state index in [0.29, 0.717) is 5.41 Å². The fraction of sp³-hybridized carbons (Fsp3) is 1.00. The van der Waals surface area contributed by atoms with Crippen LogP contribution in [0.1, 0.15) is 59.3 Å². The molecule has 1 fully saturated rings. The molecule has 0 aliphatic heterocycles. The van der Waals surface area contributed by atoms with Crippen molar-refractivity contribution in [3.8, 4) is 0 Å². The van der Waals surface area contributed by atoms with Crippen molar-refractivity contribution in [1.29, 1.82) is 0 Å². The van der Waals surface area contributed by atoms with Gasteiger partial charge in [0, 0.05) is 0 Å². The van der Waals surface area contributed by atoms with Gasteiger partial charge in [0.15, 0.2) is 0 Å². The summed E-state index contributed by atoms with van der Waals surface area (Å²) in [6, 6.07) is 0. The van der Waals surface area contributed by atoms with Gasteiger partial charge in [-0.3, -0.25) is 0 Å². The van der Waals surface area contributed by atoms with Crippen LogP contribution in [0.4, 0.5) is 0 Å². The van der Waals surface area contributed by atoms with Crippen molar-refractivity contribution in [1.82, 2.24) is 0 Å². The Bertz CT molecular complexity index is 155. The van der Waals surface area contributed by atoms with Crippen LogP contribution in [0.15, 0.2) is 0 Å². The van der Waals surface area contributed by atoms with E-state index in [1.807, 2.05) is 0 Å². The van der Waals surface area contributed by atoms with Crippen LogP contribution >= 0.6 is 0 Å². The normalized spacial score (nSPS) is 36.5. The van der Waals surface area contributed by atoms with Crippen LogP contribution in [0.2, 0.25) is 0 Å². The molecular weight excluding hydrogens is 160 g/mol. The summed E-state index contributed by atoms with van der Waals surface area (Å²) in [6.07, 6.45) is 7.20. The maximum atomic E-state index is 9.51. The third-order valence-electron chi connectivity index (χ3n) is 3.43. The molecule has 13 heavy (non-hydrogen) atoms. The highest BCUT2D eigenvalue weighted by Crippen LogP contribution is 2.43. The smallest absolute Gasteiger partial charge is 0.0545 e. The highest BCUT2D eigenvalue weighted by atomic mass is 16.3. The van der Waals surface area contributed by atoms with Crippen LogP contribution in [0.25, 0.3) is 0 Å². The predicted molar refractivity (Wildman–Crippen MR) is 56.7 cm³/mol. The Hall–Kier alpha value is -0.0400. The van der Waals surface area contributed by atoms with Crippen LogP contribution in [-0.4, -0.2) is 11.2 Å². The Kier molecular flexibility index (Phi) is 3.78. The Morgan fingerprint density at radius 1 is 1.54 bits per heavy atom. The van der Waals surface area contributed by atoms with Gasteiger partial charge in [-0.05, 0) is 37.0 Å². The van der Waals surface area contributed by atoms with Gasteiger partial charge in [0.2, 0.25) is 0 Å². The number of aliphatic hydroxyl groups is 1. The zero-order valence-corrected chi connectivity index (χ0v) is 9.34. The average molecular weight is 184 g/mol. The second-order valence-corrected chi connectivity index (χ2v) is 5.31. The lowest BCUT2D eigenvalue weighted by Gasteiger charge is -2.27. The van der Waals surface area contributed by atoms with Crippen molar-refractivity contribution in [3.05, 3.63) is 0 Å². The molecule has 1 rings (SSSR count). The molecule has 0 aromatic rings. The van der Waals surface area contributed by atoms with Gasteiger partial charge in [0.25, 0.3) is 0 Å². The van der Waals surface area contributed by atoms with Gasteiger partial charge < -0.3 is 5.11 Å². The summed E-state index contributed by atoms with van der Waals surface area (Å²) in [4.78, 5) is 0. The van der Waals surface area contributed by atoms with Crippen molar-refractivity contribution >= 4 is 0 Å². The first-order chi connectivity index (χ1) is 6.06. The maximum absolute atomic E-state index is 9.51. The van der Waals surface area contributed by atoms with E-state index in [4.69, 9.17) is 0 Å². The van der Waals surface area contributed by atoms with E-state index >= 15 is 0 Å². The second-order valence-electron chi connectivity index (χ2n) is 5.31. The van der Waals surface area contributed by atoms with E-state index in [2.05, 4.69) is 20.8 Å². The summed E-state index contributed by atoms with van der Waals surface area (Å²) >= 11 is 0. The fourth-order valence-electron chi connectivity index (χ4n) is 2.91. The van der Waals surface area contributed by atoms with Gasteiger partial charge in [-0.2, -0.15) is 0 Å². The van der Waals surface area contributed by atoms with Crippen molar-refractivity contribution in [2.75, 3.05) is 0 Å². The average Bonchev–Trinajstić information content (AvgIpc) is 2.30. The molecule has 3 atom stereocenters. The van der Waals surface area contributed by atoms with Crippen molar-refractivity contribution in [2.45, 2.75) is 65.4 Å². The molecule has 1 N–H and O–H groups in total. The zero-order valence-electron chi connectivity index (χ0n) is 9.34. The molecular formula is C12H24O. The molecule has 1 saturated carbocycles. The zero-order chi connectivity index (χ0) is 9.90. The van der Waals surface area contributed by atoms with Crippen LogP contribution in [0.5, 0.6) is 0 Å². The Morgan fingerprint density at radius 2 is 2.23 bits per heavy atom. The van der Waals surface area contributed by atoms with Crippen molar-refractivity contribution in [3.63, 3.8) is 0 Å². The quantitative estimate of drug-likeness (QED) is 0.710. The van der Waals surface area contributed by atoms with E-state index in [1.54, 1.807) is 0 Å². The van der Waals surface area contributed by atoms with Crippen LogP contribution in [-0.2, 0) is 0 Å². The van der Waals surface area contributed by atoms with Crippen LogP contribution in [0, 0.1) is 11.3 Å². The van der Waals surface area contributed by atoms with E-state index in [0.717, 1.165) is 18.8 Å². The van der Waals surface area contributed by atoms with Gasteiger partial charge in [0.05, 0.1) is 6.10 Å². The summed E-state index contributed by atoms with van der Waals surface area (Å²) in [6.45, 7) is 6.94. The van der Waals surface area contributed by atoms with Gasteiger partial charge in [0.1, 0.15) is 0 Å². The molecule has 0 saturated heterocycles. The maximum Gasteiger partial charge on any atom is 0.0545 e. The lowest BCUT2D eigenvalue weighted by molar-refractivity contribution is 0.153. The molecule has 0 radical (unpaired) electrons. The first-order valence-corrected chi connectivity index (χ1v) is 5.74. The minimum Gasteiger partial charge on any atom is -0.393 e. The monoisotopic (exact) mass is 184 g/mol. The number of rotatable bonds is 4. The van der Waals surface area contributed by atoms with E-state index in [1.165, 1.54) is 25.7 Å². The van der Waals surface area contributed by atoms with Crippen LogP contribution < -0.4 is 0 Å². The number of aliphatic hydroxyl groups excluding tert-OH is 1. The lowest BCUT2D eigenvalue weighted by atomic mass is 9.79. The summed E-state index contributed by atoms with van der Waals surface area (Å²) in [7, 11) is 0. The minimum absolute atomic E-state index is 0.0150. The molecule has 0 amide bonds. The first-order valence-electron chi connectivity index (χ1n) is 5.74. The topological polar surface area (TPSA) is 20.2 Å². The Balaban J connectivity index is 2.34. The van der Waals surface area contributed by atoms with Gasteiger partial charge in [-0.25, -0.2) is 0 Å². The van der Waals surface area contributed by atoms with Gasteiger partial charge in [-0.15, -0.1) is 0 Å². The molecule has 78 valence electrons. The molecule has 1 heteroatoms. The summed E-state index contributed by atoms with van der Waals surface area (Å²) in [5.74, 6) is 0.834.